The molecule has 1 aromatic heterocycles. The molecule has 1 aliphatic carbocycles. The van der Waals surface area contributed by atoms with Crippen LogP contribution in [0.3, 0.4) is 0 Å². The number of halogens is 1. The molecule has 0 spiro atoms. The van der Waals surface area contributed by atoms with Crippen molar-refractivity contribution in [3.63, 3.8) is 0 Å². The first-order chi connectivity index (χ1) is 15.8. The predicted octanol–water partition coefficient (Wildman–Crippen LogP) is 4.98. The van der Waals surface area contributed by atoms with Crippen molar-refractivity contribution >= 4 is 5.82 Å². The molecule has 3 aliphatic rings. The van der Waals surface area contributed by atoms with E-state index in [1.165, 1.54) is 30.0 Å². The molecule has 176 valence electrons. The molecule has 0 bridgehead atoms. The van der Waals surface area contributed by atoms with Crippen LogP contribution in [0.2, 0.25) is 0 Å². The summed E-state index contributed by atoms with van der Waals surface area (Å²) in [7, 11) is 0. The fraction of sp³-hybridized carbons (Fsp3) is 0.444. The van der Waals surface area contributed by atoms with Crippen LogP contribution in [0.1, 0.15) is 43.2 Å². The van der Waals surface area contributed by atoms with Crippen LogP contribution in [-0.4, -0.2) is 53.5 Å². The van der Waals surface area contributed by atoms with Gasteiger partial charge in [-0.2, -0.15) is 0 Å². The molecule has 3 fully saturated rings. The topological polar surface area (TPSA) is 34.6 Å². The first-order valence-electron chi connectivity index (χ1n) is 11.9. The van der Waals surface area contributed by atoms with Crippen LogP contribution < -0.4 is 10.2 Å². The average molecular weight is 450 g/mol. The molecule has 6 heteroatoms. The first-order valence-corrected chi connectivity index (χ1v) is 11.9. The van der Waals surface area contributed by atoms with E-state index in [1.807, 2.05) is 17.1 Å². The van der Waals surface area contributed by atoms with E-state index in [2.05, 4.69) is 61.0 Å². The lowest BCUT2D eigenvalue weighted by molar-refractivity contribution is 0.316. The number of pyridine rings is 1. The molecule has 5 nitrogen and oxygen atoms in total. The van der Waals surface area contributed by atoms with Crippen molar-refractivity contribution in [3.8, 4) is 0 Å². The van der Waals surface area contributed by atoms with Crippen molar-refractivity contribution in [1.29, 1.82) is 0 Å². The number of hydrogen-bond acceptors (Lipinski definition) is 5. The Balaban J connectivity index is 1.32. The molecule has 3 heterocycles. The van der Waals surface area contributed by atoms with Gasteiger partial charge in [0.2, 0.25) is 0 Å². The van der Waals surface area contributed by atoms with E-state index in [-0.39, 0.29) is 6.04 Å². The van der Waals surface area contributed by atoms with E-state index in [9.17, 15) is 4.39 Å². The third-order valence-corrected chi connectivity index (χ3v) is 6.70. The molecule has 1 atom stereocenters. The highest BCUT2D eigenvalue weighted by atomic mass is 19.1. The Kier molecular flexibility index (Phi) is 6.91. The second kappa shape index (κ2) is 9.86. The van der Waals surface area contributed by atoms with Gasteiger partial charge in [-0.1, -0.05) is 31.9 Å². The van der Waals surface area contributed by atoms with E-state index in [0.717, 1.165) is 61.7 Å². The van der Waals surface area contributed by atoms with Gasteiger partial charge < -0.3 is 20.0 Å². The molecule has 1 N–H and O–H groups in total. The van der Waals surface area contributed by atoms with Gasteiger partial charge in [-0.05, 0) is 55.9 Å². The minimum absolute atomic E-state index is 0.208. The Bertz CT molecular complexity index is 982. The molecular weight excluding hydrogens is 413 g/mol. The highest BCUT2D eigenvalue weighted by molar-refractivity contribution is 5.49. The fourth-order valence-corrected chi connectivity index (χ4v) is 4.72. The fourth-order valence-electron chi connectivity index (χ4n) is 4.72. The van der Waals surface area contributed by atoms with Crippen LogP contribution in [0.25, 0.3) is 0 Å². The number of aryl methyl sites for hydroxylation is 1. The molecule has 0 aromatic carbocycles. The molecule has 33 heavy (non-hydrogen) atoms. The van der Waals surface area contributed by atoms with Gasteiger partial charge in [0.25, 0.3) is 0 Å². The Hall–Kier alpha value is -3.02. The molecule has 2 saturated heterocycles. The van der Waals surface area contributed by atoms with Gasteiger partial charge in [0, 0.05) is 56.7 Å². The highest BCUT2D eigenvalue weighted by Gasteiger charge is 2.26. The molecule has 1 aromatic rings. The van der Waals surface area contributed by atoms with Crippen molar-refractivity contribution in [1.82, 2.24) is 20.1 Å². The number of nitrogens with one attached hydrogen (secondary N) is 1. The van der Waals surface area contributed by atoms with Crippen molar-refractivity contribution in [2.45, 2.75) is 45.1 Å². The number of nitrogens with zero attached hydrogens (tertiary/aromatic N) is 4. The van der Waals surface area contributed by atoms with E-state index in [4.69, 9.17) is 4.98 Å². The molecule has 0 radical (unpaired) electrons. The number of rotatable bonds is 8. The number of piperazine rings is 1. The highest BCUT2D eigenvalue weighted by Crippen LogP contribution is 2.40. The lowest BCUT2D eigenvalue weighted by Gasteiger charge is -2.38. The van der Waals surface area contributed by atoms with Crippen LogP contribution in [0.4, 0.5) is 10.2 Å². The van der Waals surface area contributed by atoms with Crippen LogP contribution in [0.15, 0.2) is 73.3 Å². The summed E-state index contributed by atoms with van der Waals surface area (Å²) in [5.74, 6) is 2.16. The van der Waals surface area contributed by atoms with Gasteiger partial charge in [0.15, 0.2) is 0 Å². The average Bonchev–Trinajstić information content (AvgIpc) is 3.58. The van der Waals surface area contributed by atoms with Crippen LogP contribution in [-0.2, 0) is 0 Å². The van der Waals surface area contributed by atoms with E-state index in [1.54, 1.807) is 0 Å². The van der Waals surface area contributed by atoms with Crippen molar-refractivity contribution in [2.75, 3.05) is 37.6 Å². The van der Waals surface area contributed by atoms with Gasteiger partial charge in [-0.25, -0.2) is 9.37 Å². The Labute approximate surface area is 197 Å². The number of anilines is 1. The molecule has 1 unspecified atom stereocenters. The summed E-state index contributed by atoms with van der Waals surface area (Å²) >= 11 is 0. The van der Waals surface area contributed by atoms with E-state index >= 15 is 0 Å². The minimum Gasteiger partial charge on any atom is -0.371 e. The quantitative estimate of drug-likeness (QED) is 0.566. The maximum absolute atomic E-state index is 13.6. The molecule has 0 amide bonds. The Morgan fingerprint density at radius 2 is 1.97 bits per heavy atom. The third-order valence-electron chi connectivity index (χ3n) is 6.70. The number of aromatic nitrogens is 1. The summed E-state index contributed by atoms with van der Waals surface area (Å²) in [6.45, 7) is 20.5. The second-order valence-electron chi connectivity index (χ2n) is 9.39. The SMILES string of the molecule is C=C(F)/C=C(\C=C/CC(=C)N1CCN(c2ncc(C3CC3)cc2C)CC1)N1C(=C)NCC1C. The van der Waals surface area contributed by atoms with Gasteiger partial charge in [-0.3, -0.25) is 0 Å². The number of allylic oxidation sites excluding steroid dienone is 4. The lowest BCUT2D eigenvalue weighted by Crippen LogP contribution is -2.46. The zero-order chi connectivity index (χ0) is 23.5. The number of hydrogen-bond donors (Lipinski definition) is 1. The van der Waals surface area contributed by atoms with Gasteiger partial charge in [-0.15, -0.1) is 0 Å². The summed E-state index contributed by atoms with van der Waals surface area (Å²) in [6.07, 6.45) is 10.8. The second-order valence-corrected chi connectivity index (χ2v) is 9.39. The standard InChI is InChI=1S/C27H36FN5/c1-19-15-25(24-9-10-24)18-30-27(19)32-13-11-31(12-14-32)21(3)7-6-8-26(16-20(2)28)33-22(4)17-29-23(33)5/h6,8,15-16,18,22,24,29H,2-3,5,7,9-14,17H2,1,4H3/b8-6-,26-16+. The minimum atomic E-state index is -0.467. The van der Waals surface area contributed by atoms with Crippen LogP contribution >= 0.6 is 0 Å². The summed E-state index contributed by atoms with van der Waals surface area (Å²) in [5.41, 5.74) is 4.49. The summed E-state index contributed by atoms with van der Waals surface area (Å²) in [6, 6.07) is 2.53. The van der Waals surface area contributed by atoms with Gasteiger partial charge >= 0.3 is 0 Å². The summed E-state index contributed by atoms with van der Waals surface area (Å²) < 4.78 is 13.6. The van der Waals surface area contributed by atoms with Crippen LogP contribution in [0.5, 0.6) is 0 Å². The monoisotopic (exact) mass is 449 g/mol. The predicted molar refractivity (Wildman–Crippen MR) is 134 cm³/mol. The normalized spacial score (nSPS) is 21.7. The van der Waals surface area contributed by atoms with Gasteiger partial charge in [0.05, 0.1) is 11.9 Å². The lowest BCUT2D eigenvalue weighted by atomic mass is 10.1. The van der Waals surface area contributed by atoms with Crippen molar-refractivity contribution in [3.05, 3.63) is 84.4 Å². The smallest absolute Gasteiger partial charge is 0.131 e. The molecule has 4 rings (SSSR count). The first kappa shape index (κ1) is 23.1. The third kappa shape index (κ3) is 5.49. The Morgan fingerprint density at radius 3 is 2.55 bits per heavy atom. The van der Waals surface area contributed by atoms with Crippen molar-refractivity contribution in [2.24, 2.45) is 0 Å². The summed E-state index contributed by atoms with van der Waals surface area (Å²) in [4.78, 5) is 11.5. The maximum atomic E-state index is 13.6. The van der Waals surface area contributed by atoms with Gasteiger partial charge in [0.1, 0.15) is 11.6 Å². The Morgan fingerprint density at radius 1 is 1.24 bits per heavy atom. The largest absolute Gasteiger partial charge is 0.371 e. The maximum Gasteiger partial charge on any atom is 0.131 e. The van der Waals surface area contributed by atoms with Crippen molar-refractivity contribution < 1.29 is 4.39 Å². The zero-order valence-electron chi connectivity index (χ0n) is 20.0. The zero-order valence-corrected chi connectivity index (χ0v) is 20.0. The molecule has 1 saturated carbocycles. The van der Waals surface area contributed by atoms with E-state index < -0.39 is 5.83 Å². The summed E-state index contributed by atoms with van der Waals surface area (Å²) in [5, 5.41) is 3.23. The molecular formula is C27H36FN5. The van der Waals surface area contributed by atoms with Crippen LogP contribution in [0, 0.1) is 6.92 Å². The molecule has 2 aliphatic heterocycles. The van der Waals surface area contributed by atoms with E-state index in [0.29, 0.717) is 6.42 Å².